The Hall–Kier alpha value is -2.68. The zero-order valence-corrected chi connectivity index (χ0v) is 16.5. The van der Waals surface area contributed by atoms with Crippen LogP contribution in [0.3, 0.4) is 0 Å². The molecule has 27 heavy (non-hydrogen) atoms. The third kappa shape index (κ3) is 4.36. The van der Waals surface area contributed by atoms with Crippen molar-refractivity contribution in [2.24, 2.45) is 5.92 Å². The highest BCUT2D eigenvalue weighted by Crippen LogP contribution is 2.22. The molecule has 142 valence electrons. The molecule has 1 saturated heterocycles. The average Bonchev–Trinajstić information content (AvgIpc) is 2.72. The van der Waals surface area contributed by atoms with Gasteiger partial charge in [-0.1, -0.05) is 26.8 Å². The van der Waals surface area contributed by atoms with E-state index in [1.165, 1.54) is 12.8 Å². The molecule has 0 aromatic carbocycles. The van der Waals surface area contributed by atoms with Crippen molar-refractivity contribution in [1.29, 1.82) is 5.26 Å². The number of piperidine rings is 1. The Morgan fingerprint density at radius 3 is 2.56 bits per heavy atom. The highest BCUT2D eigenvalue weighted by Gasteiger charge is 2.17. The Bertz CT molecular complexity index is 801. The summed E-state index contributed by atoms with van der Waals surface area (Å²) in [6, 6.07) is 6.47. The van der Waals surface area contributed by atoms with Crippen molar-refractivity contribution in [2.45, 2.75) is 53.0 Å². The highest BCUT2D eigenvalue weighted by atomic mass is 15.2. The number of anilines is 2. The molecule has 1 aliphatic heterocycles. The number of nitriles is 1. The van der Waals surface area contributed by atoms with Gasteiger partial charge in [0, 0.05) is 25.8 Å². The second-order valence-corrected chi connectivity index (χ2v) is 7.22. The van der Waals surface area contributed by atoms with Crippen LogP contribution in [0.1, 0.15) is 56.0 Å². The first-order valence-corrected chi connectivity index (χ1v) is 9.88. The van der Waals surface area contributed by atoms with Crippen LogP contribution in [0, 0.1) is 17.2 Å². The standard InChI is InChI=1S/C21H28N6/c1-4-17-18(12-22)21(26-25-19(17)5-2)24-14-16-6-7-20(23-13-16)27-10-8-15(3)9-11-27/h6-7,13,15H,4-5,8-11,14H2,1-3H3,(H,24,26). The summed E-state index contributed by atoms with van der Waals surface area (Å²) >= 11 is 0. The summed E-state index contributed by atoms with van der Waals surface area (Å²) in [5.41, 5.74) is 3.57. The molecule has 0 radical (unpaired) electrons. The summed E-state index contributed by atoms with van der Waals surface area (Å²) in [6.45, 7) is 9.13. The third-order valence-electron chi connectivity index (χ3n) is 5.33. The van der Waals surface area contributed by atoms with E-state index in [1.807, 2.05) is 20.0 Å². The van der Waals surface area contributed by atoms with Crippen molar-refractivity contribution in [3.8, 4) is 6.07 Å². The van der Waals surface area contributed by atoms with Gasteiger partial charge >= 0.3 is 0 Å². The van der Waals surface area contributed by atoms with E-state index in [2.05, 4.69) is 50.5 Å². The molecule has 0 aliphatic carbocycles. The number of hydrogen-bond donors (Lipinski definition) is 1. The van der Waals surface area contributed by atoms with Gasteiger partial charge < -0.3 is 10.2 Å². The largest absolute Gasteiger partial charge is 0.363 e. The van der Waals surface area contributed by atoms with Gasteiger partial charge in [0.2, 0.25) is 0 Å². The lowest BCUT2D eigenvalue weighted by Crippen LogP contribution is -2.33. The van der Waals surface area contributed by atoms with Crippen LogP contribution in [0.4, 0.5) is 11.6 Å². The Morgan fingerprint density at radius 2 is 1.96 bits per heavy atom. The van der Waals surface area contributed by atoms with Crippen LogP contribution in [0.2, 0.25) is 0 Å². The van der Waals surface area contributed by atoms with Crippen LogP contribution < -0.4 is 10.2 Å². The summed E-state index contributed by atoms with van der Waals surface area (Å²) in [7, 11) is 0. The summed E-state index contributed by atoms with van der Waals surface area (Å²) in [5.74, 6) is 2.41. The van der Waals surface area contributed by atoms with E-state index in [-0.39, 0.29) is 0 Å². The van der Waals surface area contributed by atoms with Gasteiger partial charge in [-0.25, -0.2) is 4.98 Å². The van der Waals surface area contributed by atoms with Gasteiger partial charge in [0.1, 0.15) is 17.5 Å². The molecular formula is C21H28N6. The smallest absolute Gasteiger partial charge is 0.167 e. The molecular weight excluding hydrogens is 336 g/mol. The first kappa shape index (κ1) is 19.1. The lowest BCUT2D eigenvalue weighted by Gasteiger charge is -2.31. The molecule has 3 heterocycles. The number of aromatic nitrogens is 3. The van der Waals surface area contributed by atoms with Crippen molar-refractivity contribution in [3.63, 3.8) is 0 Å². The van der Waals surface area contributed by atoms with Crippen LogP contribution in [0.5, 0.6) is 0 Å². The maximum atomic E-state index is 9.57. The van der Waals surface area contributed by atoms with E-state index in [9.17, 15) is 5.26 Å². The maximum absolute atomic E-state index is 9.57. The Balaban J connectivity index is 1.68. The second-order valence-electron chi connectivity index (χ2n) is 7.22. The predicted molar refractivity (Wildman–Crippen MR) is 108 cm³/mol. The van der Waals surface area contributed by atoms with Crippen molar-refractivity contribution in [1.82, 2.24) is 15.2 Å². The molecule has 0 amide bonds. The van der Waals surface area contributed by atoms with E-state index in [0.29, 0.717) is 17.9 Å². The van der Waals surface area contributed by atoms with Crippen molar-refractivity contribution < 1.29 is 0 Å². The fourth-order valence-electron chi connectivity index (χ4n) is 3.55. The number of aryl methyl sites for hydroxylation is 1. The number of rotatable bonds is 6. The quantitative estimate of drug-likeness (QED) is 0.842. The fraction of sp³-hybridized carbons (Fsp3) is 0.524. The molecule has 6 heteroatoms. The predicted octanol–water partition coefficient (Wildman–Crippen LogP) is 3.72. The van der Waals surface area contributed by atoms with E-state index < -0.39 is 0 Å². The van der Waals surface area contributed by atoms with E-state index in [4.69, 9.17) is 0 Å². The second kappa shape index (κ2) is 8.81. The molecule has 3 rings (SSSR count). The molecule has 0 atom stereocenters. The molecule has 2 aromatic rings. The van der Waals surface area contributed by atoms with Gasteiger partial charge in [-0.2, -0.15) is 10.4 Å². The summed E-state index contributed by atoms with van der Waals surface area (Å²) < 4.78 is 0. The highest BCUT2D eigenvalue weighted by molar-refractivity contribution is 5.56. The van der Waals surface area contributed by atoms with Crippen molar-refractivity contribution >= 4 is 11.6 Å². The van der Waals surface area contributed by atoms with Gasteiger partial charge in [-0.15, -0.1) is 5.10 Å². The number of hydrogen-bond acceptors (Lipinski definition) is 6. The minimum absolute atomic E-state index is 0.556. The van der Waals surface area contributed by atoms with Gasteiger partial charge in [-0.05, 0) is 48.8 Å². The Kier molecular flexibility index (Phi) is 6.23. The average molecular weight is 364 g/mol. The first-order valence-electron chi connectivity index (χ1n) is 9.88. The molecule has 0 unspecified atom stereocenters. The third-order valence-corrected chi connectivity index (χ3v) is 5.33. The molecule has 1 fully saturated rings. The normalized spacial score (nSPS) is 14.8. The van der Waals surface area contributed by atoms with Crippen LogP contribution in [-0.4, -0.2) is 28.3 Å². The number of pyridine rings is 1. The van der Waals surface area contributed by atoms with E-state index >= 15 is 0 Å². The molecule has 1 N–H and O–H groups in total. The van der Waals surface area contributed by atoms with E-state index in [0.717, 1.165) is 54.5 Å². The van der Waals surface area contributed by atoms with E-state index in [1.54, 1.807) is 0 Å². The molecule has 6 nitrogen and oxygen atoms in total. The minimum atomic E-state index is 0.556. The van der Waals surface area contributed by atoms with Gasteiger partial charge in [0.15, 0.2) is 5.82 Å². The van der Waals surface area contributed by atoms with Crippen LogP contribution in [-0.2, 0) is 19.4 Å². The molecule has 0 saturated carbocycles. The van der Waals surface area contributed by atoms with Crippen molar-refractivity contribution in [3.05, 3.63) is 40.7 Å². The van der Waals surface area contributed by atoms with Crippen LogP contribution in [0.15, 0.2) is 18.3 Å². The number of nitrogens with zero attached hydrogens (tertiary/aromatic N) is 5. The Morgan fingerprint density at radius 1 is 1.19 bits per heavy atom. The number of nitrogens with one attached hydrogen (secondary N) is 1. The SMILES string of the molecule is CCc1nnc(NCc2ccc(N3CCC(C)CC3)nc2)c(C#N)c1CC. The van der Waals surface area contributed by atoms with Gasteiger partial charge in [0.25, 0.3) is 0 Å². The monoisotopic (exact) mass is 364 g/mol. The molecule has 0 bridgehead atoms. The zero-order valence-electron chi connectivity index (χ0n) is 16.5. The summed E-state index contributed by atoms with van der Waals surface area (Å²) in [4.78, 5) is 6.98. The van der Waals surface area contributed by atoms with Gasteiger partial charge in [-0.3, -0.25) is 0 Å². The minimum Gasteiger partial charge on any atom is -0.363 e. The summed E-state index contributed by atoms with van der Waals surface area (Å²) in [5, 5.41) is 21.3. The fourth-order valence-corrected chi connectivity index (χ4v) is 3.55. The van der Waals surface area contributed by atoms with Gasteiger partial charge in [0.05, 0.1) is 5.69 Å². The maximum Gasteiger partial charge on any atom is 0.167 e. The topological polar surface area (TPSA) is 77.7 Å². The van der Waals surface area contributed by atoms with Crippen LogP contribution in [0.25, 0.3) is 0 Å². The molecule has 1 aliphatic rings. The summed E-state index contributed by atoms with van der Waals surface area (Å²) in [6.07, 6.45) is 5.93. The Labute approximate surface area is 161 Å². The lowest BCUT2D eigenvalue weighted by atomic mass is 9.99. The van der Waals surface area contributed by atoms with Crippen molar-refractivity contribution in [2.75, 3.05) is 23.3 Å². The molecule has 0 spiro atoms. The van der Waals surface area contributed by atoms with Crippen LogP contribution >= 0.6 is 0 Å². The molecule has 2 aromatic heterocycles. The zero-order chi connectivity index (χ0) is 19.2. The lowest BCUT2D eigenvalue weighted by molar-refractivity contribution is 0.436. The first-order chi connectivity index (χ1) is 13.2.